The largest absolute Gasteiger partial charge is 0.337 e. The summed E-state index contributed by atoms with van der Waals surface area (Å²) in [5, 5.41) is 0. The number of hydrogen-bond acceptors (Lipinski definition) is 4. The summed E-state index contributed by atoms with van der Waals surface area (Å²) in [4.78, 5) is 17.1. The van der Waals surface area contributed by atoms with Crippen LogP contribution < -0.4 is 0 Å². The molecule has 0 bridgehead atoms. The third-order valence-electron chi connectivity index (χ3n) is 5.81. The monoisotopic (exact) mass is 433 g/mol. The molecule has 1 aromatic carbocycles. The molecular formula is C23H35N3O3S. The van der Waals surface area contributed by atoms with E-state index in [9.17, 15) is 13.2 Å². The second kappa shape index (κ2) is 10.6. The first-order valence-corrected chi connectivity index (χ1v) is 12.6. The molecule has 166 valence electrons. The van der Waals surface area contributed by atoms with Crippen molar-refractivity contribution in [3.05, 3.63) is 35.9 Å². The molecule has 7 heteroatoms. The van der Waals surface area contributed by atoms with Gasteiger partial charge in [0.2, 0.25) is 15.9 Å². The van der Waals surface area contributed by atoms with Crippen molar-refractivity contribution < 1.29 is 13.2 Å². The normalized spacial score (nSPS) is 20.0. The van der Waals surface area contributed by atoms with E-state index in [2.05, 4.69) is 18.7 Å². The molecule has 3 rings (SSSR count). The Morgan fingerprint density at radius 1 is 0.933 bits per heavy atom. The predicted molar refractivity (Wildman–Crippen MR) is 121 cm³/mol. The van der Waals surface area contributed by atoms with Crippen LogP contribution in [0.2, 0.25) is 0 Å². The maximum Gasteiger partial charge on any atom is 0.246 e. The van der Waals surface area contributed by atoms with Crippen LogP contribution in [0, 0.1) is 5.92 Å². The Morgan fingerprint density at radius 2 is 1.53 bits per heavy atom. The minimum absolute atomic E-state index is 0.0143. The van der Waals surface area contributed by atoms with E-state index in [0.717, 1.165) is 64.0 Å². The lowest BCUT2D eigenvalue weighted by Crippen LogP contribution is -2.49. The van der Waals surface area contributed by atoms with Gasteiger partial charge in [-0.1, -0.05) is 38.8 Å². The first-order chi connectivity index (χ1) is 14.4. The van der Waals surface area contributed by atoms with Crippen molar-refractivity contribution in [2.45, 2.75) is 44.4 Å². The summed E-state index contributed by atoms with van der Waals surface area (Å²) in [5.41, 5.74) is 0.830. The van der Waals surface area contributed by atoms with Crippen LogP contribution in [0.4, 0.5) is 0 Å². The van der Waals surface area contributed by atoms with Crippen LogP contribution in [0.5, 0.6) is 0 Å². The number of hydrogen-bond donors (Lipinski definition) is 0. The number of carbonyl (C=O) groups excluding carboxylic acids is 1. The molecule has 0 saturated carbocycles. The fraction of sp³-hybridized carbons (Fsp3) is 0.609. The first-order valence-electron chi connectivity index (χ1n) is 11.2. The summed E-state index contributed by atoms with van der Waals surface area (Å²) in [5.74, 6) is 0.652. The van der Waals surface area contributed by atoms with E-state index in [4.69, 9.17) is 0 Å². The third kappa shape index (κ3) is 6.15. The third-order valence-corrected chi connectivity index (χ3v) is 7.72. The maximum atomic E-state index is 12.9. The molecule has 0 aromatic heterocycles. The van der Waals surface area contributed by atoms with E-state index in [1.165, 1.54) is 0 Å². The van der Waals surface area contributed by atoms with E-state index in [0.29, 0.717) is 23.9 Å². The lowest BCUT2D eigenvalue weighted by molar-refractivity contribution is -0.127. The van der Waals surface area contributed by atoms with Gasteiger partial charge in [0, 0.05) is 51.9 Å². The lowest BCUT2D eigenvalue weighted by atomic mass is 10.2. The zero-order valence-electron chi connectivity index (χ0n) is 18.3. The molecule has 0 N–H and O–H groups in total. The van der Waals surface area contributed by atoms with Crippen molar-refractivity contribution in [1.29, 1.82) is 0 Å². The fourth-order valence-electron chi connectivity index (χ4n) is 4.12. The zero-order valence-corrected chi connectivity index (χ0v) is 19.1. The molecule has 30 heavy (non-hydrogen) atoms. The Bertz CT molecular complexity index is 818. The van der Waals surface area contributed by atoms with E-state index in [1.807, 2.05) is 4.90 Å². The molecule has 1 amide bonds. The van der Waals surface area contributed by atoms with Crippen LogP contribution in [0.25, 0.3) is 6.08 Å². The summed E-state index contributed by atoms with van der Waals surface area (Å²) in [6.07, 6.45) is 7.40. The Labute approximate surface area is 181 Å². The average molecular weight is 434 g/mol. The summed E-state index contributed by atoms with van der Waals surface area (Å²) in [6, 6.07) is 6.84. The number of amides is 1. The van der Waals surface area contributed by atoms with Gasteiger partial charge in [0.15, 0.2) is 0 Å². The summed E-state index contributed by atoms with van der Waals surface area (Å²) < 4.78 is 27.3. The molecule has 2 fully saturated rings. The molecule has 1 aromatic rings. The number of piperazine rings is 1. The van der Waals surface area contributed by atoms with Gasteiger partial charge in [-0.05, 0) is 42.5 Å². The highest BCUT2D eigenvalue weighted by atomic mass is 32.2. The molecule has 6 nitrogen and oxygen atoms in total. The van der Waals surface area contributed by atoms with Gasteiger partial charge >= 0.3 is 0 Å². The van der Waals surface area contributed by atoms with Gasteiger partial charge in [0.25, 0.3) is 0 Å². The summed E-state index contributed by atoms with van der Waals surface area (Å²) >= 11 is 0. The highest BCUT2D eigenvalue weighted by Crippen LogP contribution is 2.21. The van der Waals surface area contributed by atoms with Gasteiger partial charge < -0.3 is 4.90 Å². The van der Waals surface area contributed by atoms with Gasteiger partial charge in [-0.2, -0.15) is 4.31 Å². The molecule has 0 atom stereocenters. The second-order valence-electron chi connectivity index (χ2n) is 8.74. The SMILES string of the molecule is CC(C)CN1CCN(C(=O)/C=C/c2ccc(S(=O)(=O)N3CCCCCC3)cc2)CC1. The van der Waals surface area contributed by atoms with E-state index >= 15 is 0 Å². The van der Waals surface area contributed by atoms with Gasteiger partial charge in [0.1, 0.15) is 0 Å². The van der Waals surface area contributed by atoms with Gasteiger partial charge in [0.05, 0.1) is 4.90 Å². The Morgan fingerprint density at radius 3 is 2.10 bits per heavy atom. The molecule has 2 aliphatic rings. The standard InChI is InChI=1S/C23H35N3O3S/c1-20(2)19-24-15-17-25(18-16-24)23(27)12-9-21-7-10-22(11-8-21)30(28,29)26-13-5-3-4-6-14-26/h7-12,20H,3-6,13-19H2,1-2H3/b12-9+. The zero-order chi connectivity index (χ0) is 21.6. The van der Waals surface area contributed by atoms with Crippen molar-refractivity contribution in [2.75, 3.05) is 45.8 Å². The smallest absolute Gasteiger partial charge is 0.246 e. The van der Waals surface area contributed by atoms with Crippen LogP contribution in [-0.2, 0) is 14.8 Å². The van der Waals surface area contributed by atoms with Gasteiger partial charge in [-0.3, -0.25) is 9.69 Å². The predicted octanol–water partition coefficient (Wildman–Crippen LogP) is 3.06. The summed E-state index contributed by atoms with van der Waals surface area (Å²) in [7, 11) is -3.44. The Balaban J connectivity index is 1.56. The van der Waals surface area contributed by atoms with Crippen LogP contribution in [-0.4, -0.2) is 74.2 Å². The van der Waals surface area contributed by atoms with Crippen molar-refractivity contribution in [1.82, 2.24) is 14.1 Å². The quantitative estimate of drug-likeness (QED) is 0.647. The molecule has 0 radical (unpaired) electrons. The highest BCUT2D eigenvalue weighted by Gasteiger charge is 2.25. The van der Waals surface area contributed by atoms with Crippen molar-refractivity contribution in [2.24, 2.45) is 5.92 Å². The van der Waals surface area contributed by atoms with Gasteiger partial charge in [-0.25, -0.2) is 8.42 Å². The molecule has 2 aliphatic heterocycles. The topological polar surface area (TPSA) is 60.9 Å². The molecule has 2 saturated heterocycles. The Hall–Kier alpha value is -1.70. The Kier molecular flexibility index (Phi) is 8.08. The number of sulfonamides is 1. The van der Waals surface area contributed by atoms with Crippen molar-refractivity contribution in [3.63, 3.8) is 0 Å². The number of benzene rings is 1. The second-order valence-corrected chi connectivity index (χ2v) is 10.7. The van der Waals surface area contributed by atoms with E-state index in [-0.39, 0.29) is 5.91 Å². The number of rotatable bonds is 6. The van der Waals surface area contributed by atoms with Crippen LogP contribution in [0.15, 0.2) is 35.2 Å². The van der Waals surface area contributed by atoms with Crippen LogP contribution >= 0.6 is 0 Å². The van der Waals surface area contributed by atoms with E-state index < -0.39 is 10.0 Å². The van der Waals surface area contributed by atoms with Crippen molar-refractivity contribution >= 4 is 22.0 Å². The van der Waals surface area contributed by atoms with Crippen LogP contribution in [0.1, 0.15) is 45.1 Å². The fourth-order valence-corrected chi connectivity index (χ4v) is 5.64. The van der Waals surface area contributed by atoms with Crippen molar-refractivity contribution in [3.8, 4) is 0 Å². The average Bonchev–Trinajstić information content (AvgIpc) is 3.03. The molecule has 0 unspecified atom stereocenters. The summed E-state index contributed by atoms with van der Waals surface area (Å²) in [6.45, 7) is 10.0. The highest BCUT2D eigenvalue weighted by molar-refractivity contribution is 7.89. The molecular weight excluding hydrogens is 398 g/mol. The molecule has 0 spiro atoms. The van der Waals surface area contributed by atoms with Crippen LogP contribution in [0.3, 0.4) is 0 Å². The minimum Gasteiger partial charge on any atom is -0.337 e. The molecule has 0 aliphatic carbocycles. The number of carbonyl (C=O) groups is 1. The van der Waals surface area contributed by atoms with E-state index in [1.54, 1.807) is 40.7 Å². The number of nitrogens with zero attached hydrogens (tertiary/aromatic N) is 3. The van der Waals surface area contributed by atoms with Gasteiger partial charge in [-0.15, -0.1) is 0 Å². The molecule has 2 heterocycles. The minimum atomic E-state index is -3.44. The lowest BCUT2D eigenvalue weighted by Gasteiger charge is -2.35. The first kappa shape index (κ1) is 23.0. The maximum absolute atomic E-state index is 12.9.